The van der Waals surface area contributed by atoms with E-state index in [-0.39, 0.29) is 22.1 Å². The Balaban J connectivity index is 2.46. The maximum atomic E-state index is 5.90. The number of hydrogen-bond donors (Lipinski definition) is 1. The minimum absolute atomic E-state index is 0.0495. The molecule has 0 unspecified atom stereocenters. The highest BCUT2D eigenvalue weighted by Crippen LogP contribution is 2.36. The minimum atomic E-state index is -0.0495. The Morgan fingerprint density at radius 2 is 1.95 bits per heavy atom. The van der Waals surface area contributed by atoms with Crippen LogP contribution in [-0.4, -0.2) is 9.97 Å². The molecule has 1 aromatic carbocycles. The van der Waals surface area contributed by atoms with Gasteiger partial charge in [0.1, 0.15) is 17.8 Å². The summed E-state index contributed by atoms with van der Waals surface area (Å²) in [7, 11) is 0. The van der Waals surface area contributed by atoms with Crippen LogP contribution in [0.3, 0.4) is 0 Å². The fourth-order valence-electron chi connectivity index (χ4n) is 2.02. The molecule has 1 heterocycles. The summed E-state index contributed by atoms with van der Waals surface area (Å²) in [6, 6.07) is 6.16. The highest BCUT2D eigenvalue weighted by atomic mass is 35.5. The van der Waals surface area contributed by atoms with Crippen LogP contribution in [0.1, 0.15) is 38.8 Å². The molecule has 2 N–H and O–H groups in total. The van der Waals surface area contributed by atoms with E-state index in [1.165, 1.54) is 11.9 Å². The molecule has 0 aliphatic rings. The Hall–Kier alpha value is -1.81. The lowest BCUT2D eigenvalue weighted by molar-refractivity contribution is 0.440. The number of aromatic nitrogens is 2. The molecule has 0 bridgehead atoms. The van der Waals surface area contributed by atoms with E-state index in [9.17, 15) is 0 Å². The zero-order valence-corrected chi connectivity index (χ0v) is 13.5. The van der Waals surface area contributed by atoms with Crippen LogP contribution in [0.25, 0.3) is 0 Å². The fourth-order valence-corrected chi connectivity index (χ4v) is 2.14. The number of nitrogens with two attached hydrogens (primary N) is 1. The molecule has 0 fully saturated rings. The first kappa shape index (κ1) is 15.6. The average molecular weight is 306 g/mol. The molecule has 0 saturated carbocycles. The van der Waals surface area contributed by atoms with Crippen LogP contribution in [0.5, 0.6) is 11.6 Å². The van der Waals surface area contributed by atoms with Crippen molar-refractivity contribution in [1.82, 2.24) is 9.97 Å². The smallest absolute Gasteiger partial charge is 0.247 e. The monoisotopic (exact) mass is 305 g/mol. The molecule has 112 valence electrons. The first-order valence-electron chi connectivity index (χ1n) is 6.90. The third kappa shape index (κ3) is 3.45. The van der Waals surface area contributed by atoms with Crippen LogP contribution >= 0.6 is 11.6 Å². The lowest BCUT2D eigenvalue weighted by Gasteiger charge is -2.23. The highest BCUT2D eigenvalue weighted by molar-refractivity contribution is 6.32. The summed E-state index contributed by atoms with van der Waals surface area (Å²) in [4.78, 5) is 7.89. The Labute approximate surface area is 130 Å². The van der Waals surface area contributed by atoms with Gasteiger partial charge in [0.05, 0.1) is 0 Å². The summed E-state index contributed by atoms with van der Waals surface area (Å²) in [6.07, 6.45) is 2.32. The maximum Gasteiger partial charge on any atom is 0.247 e. The van der Waals surface area contributed by atoms with Crippen molar-refractivity contribution in [2.45, 2.75) is 39.5 Å². The Morgan fingerprint density at radius 1 is 1.24 bits per heavy atom. The molecule has 5 heteroatoms. The van der Waals surface area contributed by atoms with Crippen molar-refractivity contribution in [3.63, 3.8) is 0 Å². The molecule has 2 rings (SSSR count). The molecular weight excluding hydrogens is 286 g/mol. The van der Waals surface area contributed by atoms with Gasteiger partial charge in [0.2, 0.25) is 5.88 Å². The second-order valence-electron chi connectivity index (χ2n) is 5.92. The molecular formula is C16H20ClN3O. The van der Waals surface area contributed by atoms with Gasteiger partial charge in [-0.15, -0.1) is 0 Å². The van der Waals surface area contributed by atoms with Crippen molar-refractivity contribution in [1.29, 1.82) is 0 Å². The summed E-state index contributed by atoms with van der Waals surface area (Å²) in [5, 5.41) is 0.197. The van der Waals surface area contributed by atoms with E-state index in [1.54, 1.807) is 0 Å². The zero-order chi connectivity index (χ0) is 15.6. The number of nitrogens with zero attached hydrogens (tertiary/aromatic N) is 2. The first-order chi connectivity index (χ1) is 9.82. The molecule has 0 aliphatic carbocycles. The molecule has 4 nitrogen and oxygen atoms in total. The van der Waals surface area contributed by atoms with Crippen LogP contribution in [0.2, 0.25) is 5.15 Å². The van der Waals surface area contributed by atoms with Gasteiger partial charge in [-0.3, -0.25) is 0 Å². The second-order valence-corrected chi connectivity index (χ2v) is 6.28. The van der Waals surface area contributed by atoms with Crippen molar-refractivity contribution in [3.05, 3.63) is 40.8 Å². The molecule has 0 aliphatic heterocycles. The van der Waals surface area contributed by atoms with Gasteiger partial charge in [0.25, 0.3) is 0 Å². The molecule has 0 spiro atoms. The molecule has 2 aromatic rings. The maximum absolute atomic E-state index is 5.90. The van der Waals surface area contributed by atoms with E-state index < -0.39 is 0 Å². The lowest BCUT2D eigenvalue weighted by atomic mass is 9.85. The predicted octanol–water partition coefficient (Wildman–Crippen LogP) is 4.36. The van der Waals surface area contributed by atoms with Crippen LogP contribution < -0.4 is 10.5 Å². The van der Waals surface area contributed by atoms with E-state index >= 15 is 0 Å². The standard InChI is InChI=1S/C16H20ClN3O/c1-5-10-6-7-12(11(8-10)16(2,3)4)21-15-13(18)14(17)19-9-20-15/h6-9H,5,18H2,1-4H3. The minimum Gasteiger partial charge on any atom is -0.437 e. The molecule has 0 radical (unpaired) electrons. The van der Waals surface area contributed by atoms with Crippen LogP contribution in [0.15, 0.2) is 24.5 Å². The topological polar surface area (TPSA) is 61.0 Å². The van der Waals surface area contributed by atoms with E-state index in [4.69, 9.17) is 22.1 Å². The summed E-state index contributed by atoms with van der Waals surface area (Å²) in [5.74, 6) is 1.02. The number of halogens is 1. The number of rotatable bonds is 3. The summed E-state index contributed by atoms with van der Waals surface area (Å²) < 4.78 is 5.89. The predicted molar refractivity (Wildman–Crippen MR) is 86.0 cm³/mol. The third-order valence-corrected chi connectivity index (χ3v) is 3.57. The van der Waals surface area contributed by atoms with E-state index in [0.717, 1.165) is 17.7 Å². The number of anilines is 1. The average Bonchev–Trinajstić information content (AvgIpc) is 2.43. The summed E-state index contributed by atoms with van der Waals surface area (Å²) in [6.45, 7) is 8.56. The molecule has 1 aromatic heterocycles. The molecule has 0 atom stereocenters. The molecule has 0 saturated heterocycles. The Bertz CT molecular complexity index is 650. The number of nitrogen functional groups attached to an aromatic ring is 1. The summed E-state index contributed by atoms with van der Waals surface area (Å²) >= 11 is 5.90. The number of benzene rings is 1. The van der Waals surface area contributed by atoms with Crippen LogP contribution in [0.4, 0.5) is 5.69 Å². The van der Waals surface area contributed by atoms with Gasteiger partial charge in [-0.1, -0.05) is 51.4 Å². The van der Waals surface area contributed by atoms with Crippen molar-refractivity contribution < 1.29 is 4.74 Å². The van der Waals surface area contributed by atoms with Gasteiger partial charge in [-0.2, -0.15) is 4.98 Å². The largest absolute Gasteiger partial charge is 0.437 e. The normalized spacial score (nSPS) is 11.5. The van der Waals surface area contributed by atoms with Gasteiger partial charge < -0.3 is 10.5 Å². The van der Waals surface area contributed by atoms with E-state index in [0.29, 0.717) is 0 Å². The van der Waals surface area contributed by atoms with E-state index in [2.05, 4.69) is 43.7 Å². The van der Waals surface area contributed by atoms with Gasteiger partial charge in [0, 0.05) is 5.56 Å². The van der Waals surface area contributed by atoms with Gasteiger partial charge >= 0.3 is 0 Å². The molecule has 0 amide bonds. The van der Waals surface area contributed by atoms with Crippen LogP contribution in [-0.2, 0) is 11.8 Å². The SMILES string of the molecule is CCc1ccc(Oc2ncnc(Cl)c2N)c(C(C)(C)C)c1. The lowest BCUT2D eigenvalue weighted by Crippen LogP contribution is -2.13. The second kappa shape index (κ2) is 5.90. The number of ether oxygens (including phenoxy) is 1. The van der Waals surface area contributed by atoms with Crippen molar-refractivity contribution >= 4 is 17.3 Å². The van der Waals surface area contributed by atoms with Gasteiger partial charge in [-0.05, 0) is 23.5 Å². The number of hydrogen-bond acceptors (Lipinski definition) is 4. The first-order valence-corrected chi connectivity index (χ1v) is 7.28. The molecule has 21 heavy (non-hydrogen) atoms. The Kier molecular flexibility index (Phi) is 4.37. The van der Waals surface area contributed by atoms with Gasteiger partial charge in [-0.25, -0.2) is 4.98 Å². The summed E-state index contributed by atoms with van der Waals surface area (Å²) in [5.41, 5.74) is 8.44. The number of aryl methyl sites for hydroxylation is 1. The zero-order valence-electron chi connectivity index (χ0n) is 12.8. The third-order valence-electron chi connectivity index (χ3n) is 3.27. The van der Waals surface area contributed by atoms with Crippen molar-refractivity contribution in [3.8, 4) is 11.6 Å². The fraction of sp³-hybridized carbons (Fsp3) is 0.375. The van der Waals surface area contributed by atoms with Gasteiger partial charge in [0.15, 0.2) is 5.15 Å². The Morgan fingerprint density at radius 3 is 2.57 bits per heavy atom. The van der Waals surface area contributed by atoms with E-state index in [1.807, 2.05) is 12.1 Å². The van der Waals surface area contributed by atoms with Crippen LogP contribution in [0, 0.1) is 0 Å². The highest BCUT2D eigenvalue weighted by Gasteiger charge is 2.21. The van der Waals surface area contributed by atoms with Crippen molar-refractivity contribution in [2.75, 3.05) is 5.73 Å². The quantitative estimate of drug-likeness (QED) is 0.856. The van der Waals surface area contributed by atoms with Crippen molar-refractivity contribution in [2.24, 2.45) is 0 Å².